The van der Waals surface area contributed by atoms with Gasteiger partial charge in [0.05, 0.1) is 11.2 Å². The van der Waals surface area contributed by atoms with Crippen LogP contribution in [0, 0.1) is 5.82 Å². The third-order valence-electron chi connectivity index (χ3n) is 2.00. The number of aldehydes is 1. The van der Waals surface area contributed by atoms with E-state index < -0.39 is 5.82 Å². The van der Waals surface area contributed by atoms with E-state index in [1.54, 1.807) is 0 Å². The fraction of sp³-hybridized carbons (Fsp3) is 0. The molecule has 1 heterocycles. The van der Waals surface area contributed by atoms with Crippen molar-refractivity contribution in [3.63, 3.8) is 0 Å². The summed E-state index contributed by atoms with van der Waals surface area (Å²) in [7, 11) is 0. The van der Waals surface area contributed by atoms with Gasteiger partial charge < -0.3 is 4.74 Å². The van der Waals surface area contributed by atoms with E-state index in [-0.39, 0.29) is 10.8 Å². The van der Waals surface area contributed by atoms with Crippen molar-refractivity contribution in [2.24, 2.45) is 0 Å². The Morgan fingerprint density at radius 1 is 1.24 bits per heavy atom. The van der Waals surface area contributed by atoms with Crippen LogP contribution in [0.15, 0.2) is 36.7 Å². The highest BCUT2D eigenvalue weighted by atomic mass is 35.5. The van der Waals surface area contributed by atoms with Gasteiger partial charge in [-0.15, -0.1) is 0 Å². The molecule has 0 saturated heterocycles. The molecule has 0 atom stereocenters. The quantitative estimate of drug-likeness (QED) is 0.784. The van der Waals surface area contributed by atoms with Crippen LogP contribution in [0.3, 0.4) is 0 Å². The fourth-order valence-electron chi connectivity index (χ4n) is 1.23. The fourth-order valence-corrected chi connectivity index (χ4v) is 1.35. The molecule has 0 aliphatic carbocycles. The van der Waals surface area contributed by atoms with Gasteiger partial charge in [0.2, 0.25) is 0 Å². The lowest BCUT2D eigenvalue weighted by Crippen LogP contribution is -1.89. The van der Waals surface area contributed by atoms with Crippen LogP contribution in [0.5, 0.6) is 11.5 Å². The lowest BCUT2D eigenvalue weighted by Gasteiger charge is -2.05. The molecule has 0 N–H and O–H groups in total. The number of hydrogen-bond acceptors (Lipinski definition) is 3. The number of nitrogens with zero attached hydrogens (tertiary/aromatic N) is 1. The minimum Gasteiger partial charge on any atom is -0.456 e. The third-order valence-corrected chi connectivity index (χ3v) is 2.30. The molecular weight excluding hydrogens is 245 g/mol. The number of rotatable bonds is 3. The minimum atomic E-state index is -0.566. The van der Waals surface area contributed by atoms with Crippen molar-refractivity contribution in [2.75, 3.05) is 0 Å². The molecule has 0 unspecified atom stereocenters. The first-order valence-corrected chi connectivity index (χ1v) is 5.10. The predicted octanol–water partition coefficient (Wildman–Crippen LogP) is 3.48. The highest BCUT2D eigenvalue weighted by Gasteiger charge is 2.03. The number of halogens is 2. The van der Waals surface area contributed by atoms with E-state index in [9.17, 15) is 9.18 Å². The molecular formula is C12H7ClFNO2. The van der Waals surface area contributed by atoms with Crippen LogP contribution < -0.4 is 4.74 Å². The minimum absolute atomic E-state index is 0.0251. The number of ether oxygens (including phenoxy) is 1. The lowest BCUT2D eigenvalue weighted by molar-refractivity contribution is 0.112. The number of carbonyl (C=O) groups excluding carboxylic acids is 1. The summed E-state index contributed by atoms with van der Waals surface area (Å²) in [6, 6.07) is 5.59. The van der Waals surface area contributed by atoms with Gasteiger partial charge in [-0.25, -0.2) is 4.39 Å². The van der Waals surface area contributed by atoms with Gasteiger partial charge in [0, 0.05) is 17.8 Å². The molecule has 17 heavy (non-hydrogen) atoms. The van der Waals surface area contributed by atoms with Crippen molar-refractivity contribution >= 4 is 17.9 Å². The van der Waals surface area contributed by atoms with Crippen LogP contribution in [0.4, 0.5) is 4.39 Å². The molecule has 3 nitrogen and oxygen atoms in total. The van der Waals surface area contributed by atoms with Gasteiger partial charge in [-0.2, -0.15) is 0 Å². The van der Waals surface area contributed by atoms with Crippen molar-refractivity contribution in [3.8, 4) is 11.5 Å². The van der Waals surface area contributed by atoms with E-state index in [0.717, 1.165) is 6.07 Å². The first-order chi connectivity index (χ1) is 8.19. The summed E-state index contributed by atoms with van der Waals surface area (Å²) in [5, 5.41) is 0.0251. The van der Waals surface area contributed by atoms with Crippen LogP contribution in [-0.4, -0.2) is 11.3 Å². The number of hydrogen-bond donors (Lipinski definition) is 0. The van der Waals surface area contributed by atoms with Crippen LogP contribution in [-0.2, 0) is 0 Å². The van der Waals surface area contributed by atoms with E-state index in [4.69, 9.17) is 16.3 Å². The van der Waals surface area contributed by atoms with Gasteiger partial charge in [0.25, 0.3) is 0 Å². The normalized spacial score (nSPS) is 10.0. The number of carbonyl (C=O) groups is 1. The second-order valence-electron chi connectivity index (χ2n) is 3.25. The molecule has 0 fully saturated rings. The average molecular weight is 252 g/mol. The summed E-state index contributed by atoms with van der Waals surface area (Å²) < 4.78 is 18.5. The highest BCUT2D eigenvalue weighted by molar-refractivity contribution is 6.30. The van der Waals surface area contributed by atoms with Crippen LogP contribution >= 0.6 is 11.6 Å². The SMILES string of the molecule is O=Cc1cncc(Oc2ccc(Cl)c(F)c2)c1. The van der Waals surface area contributed by atoms with Crippen molar-refractivity contribution in [1.29, 1.82) is 0 Å². The Hall–Kier alpha value is -1.94. The average Bonchev–Trinajstić information content (AvgIpc) is 2.34. The second-order valence-corrected chi connectivity index (χ2v) is 3.66. The zero-order chi connectivity index (χ0) is 12.3. The maximum absolute atomic E-state index is 13.1. The summed E-state index contributed by atoms with van der Waals surface area (Å²) in [6.07, 6.45) is 3.49. The first kappa shape index (κ1) is 11.5. The Bertz CT molecular complexity index is 560. The number of benzene rings is 1. The maximum atomic E-state index is 13.1. The smallest absolute Gasteiger partial charge is 0.151 e. The largest absolute Gasteiger partial charge is 0.456 e. The zero-order valence-electron chi connectivity index (χ0n) is 8.56. The Morgan fingerprint density at radius 2 is 2.06 bits per heavy atom. The van der Waals surface area contributed by atoms with Crippen molar-refractivity contribution < 1.29 is 13.9 Å². The van der Waals surface area contributed by atoms with Crippen molar-refractivity contribution in [1.82, 2.24) is 4.98 Å². The molecule has 1 aromatic heterocycles. The Kier molecular flexibility index (Phi) is 3.35. The van der Waals surface area contributed by atoms with Gasteiger partial charge in [-0.1, -0.05) is 11.6 Å². The third kappa shape index (κ3) is 2.79. The van der Waals surface area contributed by atoms with Crippen LogP contribution in [0.2, 0.25) is 5.02 Å². The molecule has 1 aromatic carbocycles. The zero-order valence-corrected chi connectivity index (χ0v) is 9.32. The Morgan fingerprint density at radius 3 is 2.76 bits per heavy atom. The van der Waals surface area contributed by atoms with Gasteiger partial charge in [-0.05, 0) is 18.2 Å². The van der Waals surface area contributed by atoms with E-state index >= 15 is 0 Å². The molecule has 2 rings (SSSR count). The van der Waals surface area contributed by atoms with Crippen molar-refractivity contribution in [2.45, 2.75) is 0 Å². The molecule has 0 aliphatic heterocycles. The molecule has 0 bridgehead atoms. The molecule has 0 radical (unpaired) electrons. The molecule has 0 aliphatic rings. The molecule has 0 amide bonds. The summed E-state index contributed by atoms with van der Waals surface area (Å²) >= 11 is 5.54. The van der Waals surface area contributed by atoms with Gasteiger partial charge in [0.1, 0.15) is 17.3 Å². The standard InChI is InChI=1S/C12H7ClFNO2/c13-11-2-1-9(4-12(11)14)17-10-3-8(7-16)5-15-6-10/h1-7H. The predicted molar refractivity (Wildman–Crippen MR) is 61.1 cm³/mol. The topological polar surface area (TPSA) is 39.2 Å². The van der Waals surface area contributed by atoms with Gasteiger partial charge >= 0.3 is 0 Å². The summed E-state index contributed by atoms with van der Waals surface area (Å²) in [5.74, 6) is 0.0803. The number of aromatic nitrogens is 1. The number of pyridine rings is 1. The van der Waals surface area contributed by atoms with E-state index in [0.29, 0.717) is 17.6 Å². The van der Waals surface area contributed by atoms with Crippen LogP contribution in [0.25, 0.3) is 0 Å². The molecule has 0 saturated carbocycles. The first-order valence-electron chi connectivity index (χ1n) is 4.72. The Balaban J connectivity index is 2.24. The summed E-state index contributed by atoms with van der Waals surface area (Å²) in [4.78, 5) is 14.4. The summed E-state index contributed by atoms with van der Waals surface area (Å²) in [6.45, 7) is 0. The van der Waals surface area contributed by atoms with Gasteiger partial charge in [0.15, 0.2) is 6.29 Å². The van der Waals surface area contributed by atoms with E-state index in [1.807, 2.05) is 0 Å². The lowest BCUT2D eigenvalue weighted by atomic mass is 10.3. The second kappa shape index (κ2) is 4.93. The molecule has 86 valence electrons. The van der Waals surface area contributed by atoms with Gasteiger partial charge in [-0.3, -0.25) is 9.78 Å². The van der Waals surface area contributed by atoms with E-state index in [2.05, 4.69) is 4.98 Å². The molecule has 2 aromatic rings. The summed E-state index contributed by atoms with van der Waals surface area (Å²) in [5.41, 5.74) is 0.386. The Labute approximate surface area is 102 Å². The monoisotopic (exact) mass is 251 g/mol. The van der Waals surface area contributed by atoms with Crippen LogP contribution in [0.1, 0.15) is 10.4 Å². The molecule has 5 heteroatoms. The van der Waals surface area contributed by atoms with E-state index in [1.165, 1.54) is 30.6 Å². The maximum Gasteiger partial charge on any atom is 0.151 e. The van der Waals surface area contributed by atoms with Crippen molar-refractivity contribution in [3.05, 3.63) is 53.1 Å². The molecule has 0 spiro atoms. The highest BCUT2D eigenvalue weighted by Crippen LogP contribution is 2.25.